The van der Waals surface area contributed by atoms with Gasteiger partial charge in [-0.2, -0.15) is 0 Å². The van der Waals surface area contributed by atoms with Crippen LogP contribution in [-0.2, 0) is 38.2 Å². The van der Waals surface area contributed by atoms with Crippen LogP contribution in [0, 0.1) is 10.8 Å². The van der Waals surface area contributed by atoms with E-state index in [1.807, 2.05) is 38.1 Å². The molecule has 2 aromatic carbocycles. The van der Waals surface area contributed by atoms with Gasteiger partial charge in [-0.3, -0.25) is 19.2 Å². The molecular weight excluding hydrogens is 1260 g/mol. The van der Waals surface area contributed by atoms with Gasteiger partial charge in [0.1, 0.15) is 16.9 Å². The quantitative estimate of drug-likeness (QED) is 0.0153. The number of likely N-dealkylation sites (N-methyl/N-ethyl adjacent to an activating group) is 1. The highest BCUT2D eigenvalue weighted by Crippen LogP contribution is 2.18. The normalized spacial score (nSPS) is 10.7. The van der Waals surface area contributed by atoms with E-state index in [4.69, 9.17) is 101 Å². The maximum absolute atomic E-state index is 11.3. The van der Waals surface area contributed by atoms with E-state index in [9.17, 15) is 33.6 Å². The monoisotopic (exact) mass is 1380 g/mol. The van der Waals surface area contributed by atoms with Crippen LogP contribution in [0.4, 0.5) is 4.79 Å². The maximum atomic E-state index is 11.3. The number of unbranched alkanes of at least 4 members (excludes halogenated alkanes) is 8. The number of carboxylic acids is 3. The molecule has 1 fully saturated rings. The third-order valence-electron chi connectivity index (χ3n) is 11.3. The predicted molar refractivity (Wildman–Crippen MR) is 352 cm³/mol. The van der Waals surface area contributed by atoms with Crippen molar-refractivity contribution in [1.82, 2.24) is 4.90 Å². The minimum Gasteiger partial charge on any atom is -0.481 e. The van der Waals surface area contributed by atoms with E-state index in [1.54, 1.807) is 48.5 Å². The van der Waals surface area contributed by atoms with E-state index >= 15 is 0 Å². The lowest BCUT2D eigenvalue weighted by Gasteiger charge is -2.24. The van der Waals surface area contributed by atoms with Gasteiger partial charge in [-0.1, -0.05) is 69.0 Å². The Morgan fingerprint density at radius 1 is 0.505 bits per heavy atom. The Morgan fingerprint density at radius 3 is 1.14 bits per heavy atom. The van der Waals surface area contributed by atoms with Crippen LogP contribution in [-0.4, -0.2) is 280 Å². The molecule has 31 nitrogen and oxygen atoms in total. The number of cyclic esters (lactones) is 1. The van der Waals surface area contributed by atoms with E-state index in [0.29, 0.717) is 70.1 Å². The van der Waals surface area contributed by atoms with Crippen molar-refractivity contribution in [3.05, 3.63) is 60.7 Å². The summed E-state index contributed by atoms with van der Waals surface area (Å²) < 4.78 is 19.3. The van der Waals surface area contributed by atoms with Crippen LogP contribution in [0.1, 0.15) is 136 Å². The SMILES string of the molecule is CC(CO)(CO)C(=O)O.CCC(CO)(CO)CO.CN(C)CCO.O=C(O)CCCCC(=O)O.O=C(Oc1ccccc1)Oc1ccccc1.O=C1CCCCCO1.O=C=NCCCCCCN=C=O.OCCCCCCO.OCCCCO.OCCO.OCCOCCO. The average molecular weight is 1380 g/mol. The zero-order valence-corrected chi connectivity index (χ0v) is 56.3. The Labute approximate surface area is 559 Å². The first-order valence-corrected chi connectivity index (χ1v) is 31.2. The number of carboxylic acid groups (broad SMARTS) is 3. The minimum atomic E-state index is -1.39. The number of para-hydroxylation sites is 2. The van der Waals surface area contributed by atoms with Crippen LogP contribution >= 0.6 is 0 Å². The number of benzene rings is 2. The molecule has 556 valence electrons. The number of isocyanates is 2. The van der Waals surface area contributed by atoms with Gasteiger partial charge in [-0.05, 0) is 122 Å². The highest BCUT2D eigenvalue weighted by atomic mass is 16.7. The number of hydrogen-bond donors (Lipinski definition) is 17. The fourth-order valence-corrected chi connectivity index (χ4v) is 5.28. The molecule has 0 unspecified atom stereocenters. The van der Waals surface area contributed by atoms with Gasteiger partial charge in [0.15, 0.2) is 0 Å². The lowest BCUT2D eigenvalue weighted by atomic mass is 9.88. The molecule has 0 atom stereocenters. The van der Waals surface area contributed by atoms with Crippen molar-refractivity contribution in [3.8, 4) is 11.5 Å². The van der Waals surface area contributed by atoms with Gasteiger partial charge >= 0.3 is 30.0 Å². The zero-order chi connectivity index (χ0) is 73.9. The number of nitrogens with zero attached hydrogens (tertiary/aromatic N) is 3. The van der Waals surface area contributed by atoms with Crippen molar-refractivity contribution in [2.75, 3.05) is 146 Å². The lowest BCUT2D eigenvalue weighted by molar-refractivity contribution is -0.153. The van der Waals surface area contributed by atoms with Crippen LogP contribution in [0.15, 0.2) is 70.6 Å². The van der Waals surface area contributed by atoms with Gasteiger partial charge in [-0.25, -0.2) is 24.4 Å². The summed E-state index contributed by atoms with van der Waals surface area (Å²) in [6, 6.07) is 17.6. The van der Waals surface area contributed by atoms with Crippen LogP contribution in [0.25, 0.3) is 0 Å². The van der Waals surface area contributed by atoms with Crippen LogP contribution < -0.4 is 9.47 Å². The van der Waals surface area contributed by atoms with Crippen LogP contribution in [0.2, 0.25) is 0 Å². The third kappa shape index (κ3) is 94.2. The molecule has 0 aliphatic carbocycles. The Balaban J connectivity index is -0.000000149. The first kappa shape index (κ1) is 105. The number of rotatable bonds is 36. The third-order valence-corrected chi connectivity index (χ3v) is 11.3. The molecule has 17 N–H and O–H groups in total. The van der Waals surface area contributed by atoms with Gasteiger partial charge in [-0.15, -0.1) is 0 Å². The van der Waals surface area contributed by atoms with Gasteiger partial charge in [0.2, 0.25) is 12.2 Å². The van der Waals surface area contributed by atoms with Gasteiger partial charge < -0.3 is 111 Å². The molecule has 2 aromatic rings. The number of carbonyl (C=O) groups is 5. The van der Waals surface area contributed by atoms with Crippen molar-refractivity contribution in [1.29, 1.82) is 0 Å². The molecule has 1 aliphatic rings. The predicted octanol–water partition coefficient (Wildman–Crippen LogP) is 2.51. The van der Waals surface area contributed by atoms with Crippen molar-refractivity contribution >= 4 is 42.2 Å². The number of ether oxygens (including phenoxy) is 4. The lowest BCUT2D eigenvalue weighted by Crippen LogP contribution is -2.35. The summed E-state index contributed by atoms with van der Waals surface area (Å²) in [6.45, 7) is 5.71. The summed E-state index contributed by atoms with van der Waals surface area (Å²) in [6.07, 6.45) is 16.8. The standard InChI is InChI=1S/C13H10O3.C8H12N2O2.C6H10O4.C6H14O3.C6H10O2.C6H14O2.C5H10O4.C4H11NO.C4H10O3.C4H10O2.C2H6O2/c14-13(15-11-7-3-1-4-8-11)16-12-9-5-2-6-10-12;11-7-9-5-3-1-2-4-6-10-8-12;7-5(8)3-1-2-4-6(9)10;1-2-6(3-7,4-8)5-9;7-6-4-2-1-3-5-8-6;7-5-3-1-2-4-6-8;1-5(2-6,3-7)4(8)9;1-5(2)3-4-6;5-1-3-7-4-2-6;5-3-1-2-4-6;3-1-2-4/h1-10H;1-6H2;1-4H2,(H,7,8)(H,9,10);7-9H,2-5H2,1H3;1-5H2;7-8H,1-6H2;6-7H,2-3H2,1H3,(H,8,9);6H,3-4H2,1-2H3;5-6H,1-4H2;5-6H,1-4H2;3-4H,1-2H2. The molecule has 0 spiro atoms. The van der Waals surface area contributed by atoms with Gasteiger partial charge in [0.25, 0.3) is 0 Å². The molecular formula is C64H117N3O28. The summed E-state index contributed by atoms with van der Waals surface area (Å²) in [5.41, 5.74) is -2.06. The summed E-state index contributed by atoms with van der Waals surface area (Å²) in [4.78, 5) is 79.8. The smallest absolute Gasteiger partial charge is 0.481 e. The second-order valence-electron chi connectivity index (χ2n) is 20.0. The summed E-state index contributed by atoms with van der Waals surface area (Å²) in [5.74, 6) is -2.03. The topological polar surface area (TPSA) is 528 Å². The number of carbonyl (C=O) groups excluding carboxylic acids is 4. The fourth-order valence-electron chi connectivity index (χ4n) is 5.28. The van der Waals surface area contributed by atoms with E-state index in [2.05, 4.69) is 14.7 Å². The maximum Gasteiger partial charge on any atom is 0.519 e. The van der Waals surface area contributed by atoms with Crippen LogP contribution in [0.3, 0.4) is 0 Å². The number of aliphatic hydroxyl groups is 14. The Hall–Kier alpha value is -6.29. The first-order chi connectivity index (χ1) is 45.5. The molecule has 1 saturated heterocycles. The molecule has 0 bridgehead atoms. The molecule has 1 aliphatic heterocycles. The molecule has 95 heavy (non-hydrogen) atoms. The summed E-state index contributed by atoms with van der Waals surface area (Å²) >= 11 is 0. The molecule has 0 saturated carbocycles. The number of aliphatic imine (C=N–C) groups is 2. The number of hydrogen-bond acceptors (Lipinski definition) is 28. The Kier molecular flexibility index (Phi) is 96.7. The van der Waals surface area contributed by atoms with E-state index in [0.717, 1.165) is 90.0 Å². The van der Waals surface area contributed by atoms with Gasteiger partial charge in [0.05, 0.1) is 99.0 Å². The molecule has 1 heterocycles. The Morgan fingerprint density at radius 2 is 0.884 bits per heavy atom. The second kappa shape index (κ2) is 87.7. The number of aliphatic carboxylic acids is 3. The molecule has 0 aromatic heterocycles. The number of aliphatic hydroxyl groups excluding tert-OH is 14. The zero-order valence-electron chi connectivity index (χ0n) is 56.3. The molecule has 3 rings (SSSR count). The van der Waals surface area contributed by atoms with E-state index in [1.165, 1.54) is 19.1 Å². The van der Waals surface area contributed by atoms with E-state index in [-0.39, 0.29) is 98.1 Å². The number of esters is 1. The van der Waals surface area contributed by atoms with Crippen molar-refractivity contribution in [2.24, 2.45) is 20.8 Å². The van der Waals surface area contributed by atoms with Crippen molar-refractivity contribution < 1.29 is 139 Å². The van der Waals surface area contributed by atoms with Gasteiger partial charge in [0, 0.05) is 57.6 Å². The Bertz CT molecular complexity index is 1890. The second-order valence-corrected chi connectivity index (χ2v) is 20.0. The van der Waals surface area contributed by atoms with Crippen LogP contribution in [0.5, 0.6) is 11.5 Å². The largest absolute Gasteiger partial charge is 0.519 e. The van der Waals surface area contributed by atoms with E-state index < -0.39 is 48.1 Å². The van der Waals surface area contributed by atoms with Crippen molar-refractivity contribution in [2.45, 2.75) is 136 Å². The molecule has 0 radical (unpaired) electrons. The summed E-state index contributed by atoms with van der Waals surface area (Å²) in [7, 11) is 3.85. The highest BCUT2D eigenvalue weighted by Gasteiger charge is 2.31. The fraction of sp³-hybridized carbons (Fsp3) is 0.703. The molecule has 0 amide bonds. The summed E-state index contributed by atoms with van der Waals surface area (Å²) in [5, 5.41) is 140. The first-order valence-electron chi connectivity index (χ1n) is 31.2. The highest BCUT2D eigenvalue weighted by molar-refractivity contribution is 5.74. The minimum absolute atomic E-state index is 0.0255. The molecule has 31 heteroatoms. The van der Waals surface area contributed by atoms with Crippen molar-refractivity contribution in [3.63, 3.8) is 0 Å². The average Bonchev–Trinajstić information content (AvgIpc) is 1.68.